The largest absolute Gasteiger partial charge is 0.388 e. The number of H-pyrrole nitrogens is 2. The minimum Gasteiger partial charge on any atom is -0.355 e. The van der Waals surface area contributed by atoms with Gasteiger partial charge >= 0.3 is 11.3 Å². The summed E-state index contributed by atoms with van der Waals surface area (Å²) >= 11 is 5.07. The molecule has 220 valence electrons. The molecule has 2 aliphatic heterocycles. The zero-order valence-electron chi connectivity index (χ0n) is 23.3. The number of nitrogens with zero attached hydrogens (tertiary/aromatic N) is 2. The number of hydrogen-bond acceptors (Lipinski definition) is 2. The molecule has 5 aromatic rings. The molecule has 2 N–H and O–H groups in total. The van der Waals surface area contributed by atoms with Crippen LogP contribution in [0.15, 0.2) is 84.9 Å². The van der Waals surface area contributed by atoms with Gasteiger partial charge in [-0.2, -0.15) is 17.6 Å². The van der Waals surface area contributed by atoms with Crippen molar-refractivity contribution in [1.82, 2.24) is 19.9 Å². The van der Waals surface area contributed by atoms with Crippen LogP contribution >= 0.6 is 11.6 Å². The summed E-state index contributed by atoms with van der Waals surface area (Å²) in [5, 5.41) is -4.93. The second-order valence-electron chi connectivity index (χ2n) is 10.5. The Balaban J connectivity index is 1.70. The highest BCUT2D eigenvalue weighted by molar-refractivity contribution is 6.22. The maximum Gasteiger partial charge on any atom is 0.388 e. The van der Waals surface area contributed by atoms with Crippen LogP contribution in [0.2, 0.25) is 0 Å². The minimum atomic E-state index is -4.93. The van der Waals surface area contributed by atoms with E-state index in [1.165, 1.54) is 24.3 Å². The van der Waals surface area contributed by atoms with Gasteiger partial charge in [0, 0.05) is 33.2 Å². The lowest BCUT2D eigenvalue weighted by molar-refractivity contribution is -0.164. The van der Waals surface area contributed by atoms with Gasteiger partial charge in [-0.3, -0.25) is 0 Å². The molecule has 0 saturated carbocycles. The highest BCUT2D eigenvalue weighted by atomic mass is 35.5. The van der Waals surface area contributed by atoms with Crippen LogP contribution in [0.4, 0.5) is 17.6 Å². The second-order valence-corrected chi connectivity index (χ2v) is 11.0. The number of aromatic nitrogens is 4. The summed E-state index contributed by atoms with van der Waals surface area (Å²) in [6.45, 7) is 0. The Labute approximate surface area is 259 Å². The first-order chi connectivity index (χ1) is 21.6. The van der Waals surface area contributed by atoms with Gasteiger partial charge in [-0.15, -0.1) is 6.42 Å². The molecule has 9 heteroatoms. The van der Waals surface area contributed by atoms with Crippen molar-refractivity contribution in [1.29, 1.82) is 0 Å². The van der Waals surface area contributed by atoms with Crippen molar-refractivity contribution in [3.63, 3.8) is 0 Å². The van der Waals surface area contributed by atoms with Crippen LogP contribution in [-0.4, -0.2) is 25.3 Å². The number of hydrogen-bond donors (Lipinski definition) is 2. The third kappa shape index (κ3) is 4.91. The van der Waals surface area contributed by atoms with Crippen molar-refractivity contribution in [3.8, 4) is 34.6 Å². The summed E-state index contributed by atoms with van der Waals surface area (Å²) in [5.74, 6) is -2.13. The molecule has 0 amide bonds. The lowest BCUT2D eigenvalue weighted by Crippen LogP contribution is -2.34. The van der Waals surface area contributed by atoms with Crippen LogP contribution in [0.5, 0.6) is 0 Å². The van der Waals surface area contributed by atoms with E-state index in [9.17, 15) is 8.78 Å². The summed E-state index contributed by atoms with van der Waals surface area (Å²) < 4.78 is 60.3. The maximum atomic E-state index is 15.7. The molecule has 0 saturated heterocycles. The monoisotopic (exact) mass is 620 g/mol. The summed E-state index contributed by atoms with van der Waals surface area (Å²) in [5.41, 5.74) is 4.31. The van der Waals surface area contributed by atoms with Gasteiger partial charge in [-0.05, 0) is 71.3 Å². The van der Waals surface area contributed by atoms with Crippen LogP contribution in [0.3, 0.4) is 0 Å². The highest BCUT2D eigenvalue weighted by Crippen LogP contribution is 2.49. The standard InChI is InChI=1S/C36H21ClF4N4/c1-2-21-19-31-33(23-11-7-4-8-12-23)27-16-18-29(44-27)34(35(38,39)36(37,40)41)28-17-15-26(43-28)32(22-9-5-3-6-10-22)25-14-13-24(42-25)20-30(21)45-31/h1,3-20,42,45H. The molecule has 2 aromatic carbocycles. The molecule has 3 aromatic heterocycles. The van der Waals surface area contributed by atoms with Gasteiger partial charge in [0.1, 0.15) is 0 Å². The third-order valence-electron chi connectivity index (χ3n) is 7.65. The first-order valence-corrected chi connectivity index (χ1v) is 14.2. The lowest BCUT2D eigenvalue weighted by Gasteiger charge is -2.22. The average molecular weight is 621 g/mol. The average Bonchev–Trinajstić information content (AvgIpc) is 3.84. The van der Waals surface area contributed by atoms with Gasteiger partial charge in [-0.1, -0.05) is 66.6 Å². The number of aromatic amines is 2. The van der Waals surface area contributed by atoms with E-state index in [2.05, 4.69) is 25.9 Å². The smallest absolute Gasteiger partial charge is 0.355 e. The first-order valence-electron chi connectivity index (χ1n) is 13.8. The summed E-state index contributed by atoms with van der Waals surface area (Å²) in [6, 6.07) is 25.7. The quantitative estimate of drug-likeness (QED) is 0.117. The second kappa shape index (κ2) is 10.7. The van der Waals surface area contributed by atoms with Gasteiger partial charge in [0.25, 0.3) is 0 Å². The molecule has 45 heavy (non-hydrogen) atoms. The Morgan fingerprint density at radius 1 is 0.622 bits per heavy atom. The fourth-order valence-electron chi connectivity index (χ4n) is 5.60. The lowest BCUT2D eigenvalue weighted by atomic mass is 10.0. The van der Waals surface area contributed by atoms with Crippen molar-refractivity contribution >= 4 is 58.0 Å². The molecule has 0 fully saturated rings. The van der Waals surface area contributed by atoms with Crippen molar-refractivity contribution < 1.29 is 17.6 Å². The molecule has 0 radical (unpaired) electrons. The van der Waals surface area contributed by atoms with Gasteiger partial charge in [0.05, 0.1) is 33.9 Å². The molecular weight excluding hydrogens is 600 g/mol. The van der Waals surface area contributed by atoms with Crippen molar-refractivity contribution in [2.75, 3.05) is 0 Å². The molecule has 0 spiro atoms. The van der Waals surface area contributed by atoms with Crippen molar-refractivity contribution in [2.45, 2.75) is 11.3 Å². The molecule has 7 rings (SSSR count). The van der Waals surface area contributed by atoms with E-state index in [1.807, 2.05) is 78.9 Å². The topological polar surface area (TPSA) is 57.4 Å². The molecule has 4 nitrogen and oxygen atoms in total. The minimum absolute atomic E-state index is 0.260. The summed E-state index contributed by atoms with van der Waals surface area (Å²) in [6.07, 6.45) is 11.5. The van der Waals surface area contributed by atoms with Gasteiger partial charge in [0.2, 0.25) is 0 Å². The Hall–Kier alpha value is -5.39. The van der Waals surface area contributed by atoms with Crippen LogP contribution < -0.4 is 0 Å². The van der Waals surface area contributed by atoms with E-state index >= 15 is 8.78 Å². The number of terminal acetylenes is 1. The van der Waals surface area contributed by atoms with E-state index in [4.69, 9.17) is 18.0 Å². The SMILES string of the molecule is C#Cc1cc2[nH]c1cc1ccc([nH]1)c(-c1ccccc1)c1nc(c(C(F)(F)C(F)(F)Cl)c3nc(c2-c2ccccc2)C=C3)C=C1. The van der Waals surface area contributed by atoms with Crippen LogP contribution in [0.25, 0.3) is 68.6 Å². The molecule has 5 heterocycles. The number of fused-ring (bicyclic) bond motifs is 8. The summed E-state index contributed by atoms with van der Waals surface area (Å²) in [4.78, 5) is 15.7. The van der Waals surface area contributed by atoms with Crippen LogP contribution in [0.1, 0.15) is 33.9 Å². The van der Waals surface area contributed by atoms with Gasteiger partial charge in [0.15, 0.2) is 0 Å². The zero-order valence-corrected chi connectivity index (χ0v) is 24.0. The number of rotatable bonds is 4. The van der Waals surface area contributed by atoms with Crippen molar-refractivity contribution in [3.05, 3.63) is 119 Å². The van der Waals surface area contributed by atoms with Crippen LogP contribution in [0, 0.1) is 12.3 Å². The number of nitrogens with one attached hydrogen (secondary N) is 2. The zero-order chi connectivity index (χ0) is 31.3. The fourth-order valence-corrected chi connectivity index (χ4v) is 5.70. The van der Waals surface area contributed by atoms with E-state index in [0.29, 0.717) is 44.3 Å². The fraction of sp³-hybridized carbons (Fsp3) is 0.0556. The Morgan fingerprint density at radius 2 is 1.16 bits per heavy atom. The van der Waals surface area contributed by atoms with Gasteiger partial charge < -0.3 is 9.97 Å². The predicted molar refractivity (Wildman–Crippen MR) is 172 cm³/mol. The number of benzene rings is 2. The van der Waals surface area contributed by atoms with E-state index in [0.717, 1.165) is 5.56 Å². The molecule has 0 aliphatic carbocycles. The van der Waals surface area contributed by atoms with E-state index < -0.39 is 16.9 Å². The molecular formula is C36H21ClF4N4. The normalized spacial score (nSPS) is 12.8. The molecule has 0 unspecified atom stereocenters. The maximum absolute atomic E-state index is 15.7. The Kier molecular flexibility index (Phi) is 6.72. The van der Waals surface area contributed by atoms with E-state index in [1.54, 1.807) is 6.07 Å². The van der Waals surface area contributed by atoms with E-state index in [-0.39, 0.29) is 22.8 Å². The highest BCUT2D eigenvalue weighted by Gasteiger charge is 2.58. The number of alkyl halides is 5. The van der Waals surface area contributed by atoms with Crippen LogP contribution in [-0.2, 0) is 5.92 Å². The predicted octanol–water partition coefficient (Wildman–Crippen LogP) is 9.89. The number of halogens is 5. The summed E-state index contributed by atoms with van der Waals surface area (Å²) in [7, 11) is 0. The Bertz CT molecular complexity index is 2240. The Morgan fingerprint density at radius 3 is 1.69 bits per heavy atom. The molecule has 0 atom stereocenters. The third-order valence-corrected chi connectivity index (χ3v) is 7.89. The van der Waals surface area contributed by atoms with Crippen molar-refractivity contribution in [2.24, 2.45) is 0 Å². The first kappa shape index (κ1) is 28.4. The molecule has 2 aliphatic rings. The van der Waals surface area contributed by atoms with Gasteiger partial charge in [-0.25, -0.2) is 9.97 Å². The molecule has 8 bridgehead atoms.